The average molecular weight is 512 g/mol. The first-order valence-corrected chi connectivity index (χ1v) is 12.2. The molecule has 3 aromatic carbocycles. The maximum absolute atomic E-state index is 13.4. The number of nitrogens with two attached hydrogens (primary N) is 1. The molecule has 1 aliphatic rings. The summed E-state index contributed by atoms with van der Waals surface area (Å²) >= 11 is 0. The summed E-state index contributed by atoms with van der Waals surface area (Å²) in [5.74, 6) is 0.369. The van der Waals surface area contributed by atoms with Crippen molar-refractivity contribution in [1.82, 2.24) is 15.0 Å². The second-order valence-corrected chi connectivity index (χ2v) is 8.81. The maximum Gasteiger partial charge on any atom is 0.196 e. The zero-order valence-corrected chi connectivity index (χ0v) is 20.6. The molecule has 188 valence electrons. The minimum absolute atomic E-state index is 0.105. The number of aromatic nitrogens is 3. The van der Waals surface area contributed by atoms with Crippen LogP contribution in [0.5, 0.6) is 0 Å². The standard InChI is InChI=1S/C30H21N7O2/c31-28-25(30(33-17-18-7-2-1-3-8-18)35-29(34-28)19-13-15-32-16-14-19)37-36-23-12-6-11-22-24(23)27(39)21-10-5-4-9-20(21)26(22)38/h1-16H,17H2,(H3,31,33,34,35). The van der Waals surface area contributed by atoms with Crippen molar-refractivity contribution in [1.29, 1.82) is 0 Å². The Morgan fingerprint density at radius 3 is 2.18 bits per heavy atom. The summed E-state index contributed by atoms with van der Waals surface area (Å²) in [5, 5.41) is 12.0. The minimum atomic E-state index is -0.283. The SMILES string of the molecule is Nc1nc(-c2ccncc2)nc(NCc2ccccc2)c1N=Nc1cccc2c1C(=O)c1ccccc1C2=O. The minimum Gasteiger partial charge on any atom is -0.382 e. The lowest BCUT2D eigenvalue weighted by molar-refractivity contribution is 0.0979. The largest absolute Gasteiger partial charge is 0.382 e. The Bertz CT molecular complexity index is 1750. The van der Waals surface area contributed by atoms with Crippen LogP contribution >= 0.6 is 0 Å². The second-order valence-electron chi connectivity index (χ2n) is 8.81. The van der Waals surface area contributed by atoms with Crippen LogP contribution < -0.4 is 11.1 Å². The van der Waals surface area contributed by atoms with Gasteiger partial charge in [-0.15, -0.1) is 10.2 Å². The van der Waals surface area contributed by atoms with Crippen LogP contribution in [0, 0.1) is 0 Å². The third kappa shape index (κ3) is 4.53. The Balaban J connectivity index is 1.41. The van der Waals surface area contributed by atoms with E-state index in [1.807, 2.05) is 30.3 Å². The summed E-state index contributed by atoms with van der Waals surface area (Å²) in [7, 11) is 0. The fourth-order valence-electron chi connectivity index (χ4n) is 4.42. The van der Waals surface area contributed by atoms with E-state index < -0.39 is 0 Å². The number of pyridine rings is 1. The third-order valence-corrected chi connectivity index (χ3v) is 6.34. The molecule has 0 unspecified atom stereocenters. The van der Waals surface area contributed by atoms with E-state index >= 15 is 0 Å². The number of hydrogen-bond acceptors (Lipinski definition) is 9. The molecule has 0 atom stereocenters. The van der Waals surface area contributed by atoms with Gasteiger partial charge in [0, 0.05) is 41.2 Å². The summed E-state index contributed by atoms with van der Waals surface area (Å²) in [4.78, 5) is 39.6. The quantitative estimate of drug-likeness (QED) is 0.265. The molecule has 0 saturated heterocycles. The van der Waals surface area contributed by atoms with E-state index in [0.29, 0.717) is 29.3 Å². The third-order valence-electron chi connectivity index (χ3n) is 6.34. The van der Waals surface area contributed by atoms with Crippen LogP contribution in [-0.4, -0.2) is 26.5 Å². The molecule has 9 nitrogen and oxygen atoms in total. The number of nitrogens with zero attached hydrogens (tertiary/aromatic N) is 5. The number of azo groups is 1. The predicted octanol–water partition coefficient (Wildman–Crippen LogP) is 5.92. The molecule has 9 heteroatoms. The Morgan fingerprint density at radius 1 is 0.718 bits per heavy atom. The summed E-state index contributed by atoms with van der Waals surface area (Å²) in [5.41, 5.74) is 9.81. The zero-order chi connectivity index (χ0) is 26.8. The molecule has 0 aliphatic heterocycles. The lowest BCUT2D eigenvalue weighted by Crippen LogP contribution is -2.20. The topological polar surface area (TPSA) is 136 Å². The highest BCUT2D eigenvalue weighted by Gasteiger charge is 2.31. The molecular formula is C30H21N7O2. The Morgan fingerprint density at radius 2 is 1.41 bits per heavy atom. The van der Waals surface area contributed by atoms with Crippen LogP contribution in [0.4, 0.5) is 23.0 Å². The van der Waals surface area contributed by atoms with E-state index in [9.17, 15) is 9.59 Å². The van der Waals surface area contributed by atoms with Gasteiger partial charge >= 0.3 is 0 Å². The monoisotopic (exact) mass is 511 g/mol. The molecule has 2 aromatic heterocycles. The number of ketones is 2. The first-order valence-electron chi connectivity index (χ1n) is 12.2. The van der Waals surface area contributed by atoms with Crippen LogP contribution in [-0.2, 0) is 6.54 Å². The molecule has 0 amide bonds. The van der Waals surface area contributed by atoms with Gasteiger partial charge in [-0.3, -0.25) is 14.6 Å². The fourth-order valence-corrected chi connectivity index (χ4v) is 4.42. The van der Waals surface area contributed by atoms with Gasteiger partial charge in [0.2, 0.25) is 0 Å². The number of fused-ring (bicyclic) bond motifs is 2. The number of nitrogen functional groups attached to an aromatic ring is 1. The molecule has 2 heterocycles. The molecule has 0 fully saturated rings. The van der Waals surface area contributed by atoms with Gasteiger partial charge in [0.05, 0.1) is 11.3 Å². The van der Waals surface area contributed by atoms with Crippen molar-refractivity contribution in [3.63, 3.8) is 0 Å². The van der Waals surface area contributed by atoms with Crippen molar-refractivity contribution in [3.8, 4) is 11.4 Å². The molecule has 0 radical (unpaired) electrons. The first kappa shape index (κ1) is 23.8. The lowest BCUT2D eigenvalue weighted by Gasteiger charge is -2.18. The molecule has 6 rings (SSSR count). The Hall–Kier alpha value is -5.57. The molecule has 0 bridgehead atoms. The highest BCUT2D eigenvalue weighted by atomic mass is 16.1. The summed E-state index contributed by atoms with van der Waals surface area (Å²) in [6.45, 7) is 0.458. The second kappa shape index (κ2) is 10.1. The highest BCUT2D eigenvalue weighted by molar-refractivity contribution is 6.29. The number of nitrogens with one attached hydrogen (secondary N) is 1. The van der Waals surface area contributed by atoms with Crippen LogP contribution in [0.25, 0.3) is 11.4 Å². The lowest BCUT2D eigenvalue weighted by atomic mass is 9.83. The first-order chi connectivity index (χ1) is 19.1. The van der Waals surface area contributed by atoms with Crippen molar-refractivity contribution in [2.24, 2.45) is 10.2 Å². The van der Waals surface area contributed by atoms with E-state index in [0.717, 1.165) is 11.1 Å². The predicted molar refractivity (Wildman–Crippen MR) is 147 cm³/mol. The Labute approximate surface area is 223 Å². The smallest absolute Gasteiger partial charge is 0.196 e. The van der Waals surface area contributed by atoms with Crippen LogP contribution in [0.3, 0.4) is 0 Å². The van der Waals surface area contributed by atoms with Crippen LogP contribution in [0.2, 0.25) is 0 Å². The van der Waals surface area contributed by atoms with E-state index in [2.05, 4.69) is 30.5 Å². The van der Waals surface area contributed by atoms with Crippen LogP contribution in [0.1, 0.15) is 37.4 Å². The van der Waals surface area contributed by atoms with Gasteiger partial charge in [-0.05, 0) is 23.8 Å². The molecular weight excluding hydrogens is 490 g/mol. The van der Waals surface area contributed by atoms with E-state index in [1.54, 1.807) is 67.0 Å². The number of benzene rings is 3. The van der Waals surface area contributed by atoms with Gasteiger partial charge in [0.25, 0.3) is 0 Å². The molecule has 1 aliphatic carbocycles. The van der Waals surface area contributed by atoms with E-state index in [-0.39, 0.29) is 39.9 Å². The van der Waals surface area contributed by atoms with E-state index in [1.165, 1.54) is 0 Å². The van der Waals surface area contributed by atoms with Gasteiger partial charge in [0.15, 0.2) is 34.7 Å². The van der Waals surface area contributed by atoms with E-state index in [4.69, 9.17) is 5.73 Å². The zero-order valence-electron chi connectivity index (χ0n) is 20.6. The number of rotatable bonds is 6. The molecule has 5 aromatic rings. The van der Waals surface area contributed by atoms with Gasteiger partial charge in [0.1, 0.15) is 0 Å². The van der Waals surface area contributed by atoms with Gasteiger partial charge < -0.3 is 11.1 Å². The van der Waals surface area contributed by atoms with Crippen molar-refractivity contribution in [3.05, 3.63) is 125 Å². The summed E-state index contributed by atoms with van der Waals surface area (Å²) in [6, 6.07) is 25.1. The number of carbonyl (C=O) groups is 2. The van der Waals surface area contributed by atoms with Gasteiger partial charge in [-0.1, -0.05) is 66.7 Å². The summed E-state index contributed by atoms with van der Waals surface area (Å²) < 4.78 is 0. The van der Waals surface area contributed by atoms with Crippen molar-refractivity contribution in [2.45, 2.75) is 6.54 Å². The van der Waals surface area contributed by atoms with Crippen molar-refractivity contribution in [2.75, 3.05) is 11.1 Å². The van der Waals surface area contributed by atoms with Gasteiger partial charge in [-0.2, -0.15) is 0 Å². The van der Waals surface area contributed by atoms with Crippen molar-refractivity contribution >= 4 is 34.6 Å². The number of hydrogen-bond donors (Lipinski definition) is 2. The van der Waals surface area contributed by atoms with Crippen LogP contribution in [0.15, 0.2) is 108 Å². The molecule has 39 heavy (non-hydrogen) atoms. The van der Waals surface area contributed by atoms with Crippen molar-refractivity contribution < 1.29 is 9.59 Å². The molecule has 3 N–H and O–H groups in total. The Kier molecular flexibility index (Phi) is 6.14. The highest BCUT2D eigenvalue weighted by Crippen LogP contribution is 2.37. The normalized spacial score (nSPS) is 12.3. The number of carbonyl (C=O) groups excluding carboxylic acids is 2. The van der Waals surface area contributed by atoms with Gasteiger partial charge in [-0.25, -0.2) is 9.97 Å². The fraction of sp³-hybridized carbons (Fsp3) is 0.0333. The average Bonchev–Trinajstić information content (AvgIpc) is 2.99. The number of anilines is 2. The maximum atomic E-state index is 13.4. The summed E-state index contributed by atoms with van der Waals surface area (Å²) in [6.07, 6.45) is 3.29. The molecule has 0 spiro atoms. The molecule has 0 saturated carbocycles.